The summed E-state index contributed by atoms with van der Waals surface area (Å²) in [7, 11) is -0.592. The SMILES string of the molecule is CN(C)S(=O)(=O)c1ccccc1CNC(=O)c1ccc(Br)cc1. The second-order valence-electron chi connectivity index (χ2n) is 5.08. The van der Waals surface area contributed by atoms with Gasteiger partial charge in [0.1, 0.15) is 0 Å². The Bertz CT molecular complexity index is 802. The summed E-state index contributed by atoms with van der Waals surface area (Å²) in [6.45, 7) is 0.137. The fourth-order valence-electron chi connectivity index (χ4n) is 1.98. The van der Waals surface area contributed by atoms with Crippen LogP contribution in [0.1, 0.15) is 15.9 Å². The number of halogens is 1. The number of nitrogens with zero attached hydrogens (tertiary/aromatic N) is 1. The van der Waals surface area contributed by atoms with E-state index in [0.717, 1.165) is 8.78 Å². The maximum Gasteiger partial charge on any atom is 0.251 e. The zero-order chi connectivity index (χ0) is 17.0. The van der Waals surface area contributed by atoms with Crippen LogP contribution in [0.25, 0.3) is 0 Å². The van der Waals surface area contributed by atoms with E-state index in [9.17, 15) is 13.2 Å². The zero-order valence-corrected chi connectivity index (χ0v) is 15.2. The van der Waals surface area contributed by atoms with Crippen molar-refractivity contribution in [2.24, 2.45) is 0 Å². The van der Waals surface area contributed by atoms with Crippen molar-refractivity contribution >= 4 is 31.9 Å². The molecule has 0 radical (unpaired) electrons. The molecule has 23 heavy (non-hydrogen) atoms. The van der Waals surface area contributed by atoms with Gasteiger partial charge in [0.15, 0.2) is 0 Å². The van der Waals surface area contributed by atoms with Gasteiger partial charge in [0.2, 0.25) is 10.0 Å². The second-order valence-corrected chi connectivity index (χ2v) is 8.12. The summed E-state index contributed by atoms with van der Waals surface area (Å²) in [6, 6.07) is 13.6. The Morgan fingerprint density at radius 2 is 1.70 bits per heavy atom. The molecule has 7 heteroatoms. The average molecular weight is 397 g/mol. The van der Waals surface area contributed by atoms with E-state index in [-0.39, 0.29) is 17.3 Å². The minimum absolute atomic E-state index is 0.137. The normalized spacial score (nSPS) is 11.5. The van der Waals surface area contributed by atoms with Crippen molar-refractivity contribution in [2.45, 2.75) is 11.4 Å². The Labute approximate surface area is 144 Å². The molecule has 2 aromatic carbocycles. The average Bonchev–Trinajstić information content (AvgIpc) is 2.53. The first kappa shape index (κ1) is 17.7. The number of rotatable bonds is 5. The molecule has 0 unspecified atom stereocenters. The summed E-state index contributed by atoms with van der Waals surface area (Å²) in [4.78, 5) is 12.3. The predicted octanol–water partition coefficient (Wildman–Crippen LogP) is 2.63. The highest BCUT2D eigenvalue weighted by molar-refractivity contribution is 9.10. The number of hydrogen-bond acceptors (Lipinski definition) is 3. The van der Waals surface area contributed by atoms with Crippen LogP contribution in [0, 0.1) is 0 Å². The summed E-state index contributed by atoms with van der Waals surface area (Å²) in [6.07, 6.45) is 0. The van der Waals surface area contributed by atoms with Crippen molar-refractivity contribution in [3.63, 3.8) is 0 Å². The molecule has 0 aliphatic carbocycles. The molecule has 0 aromatic heterocycles. The van der Waals surface area contributed by atoms with Gasteiger partial charge in [-0.05, 0) is 35.9 Å². The molecule has 0 aliphatic rings. The number of nitrogens with one attached hydrogen (secondary N) is 1. The largest absolute Gasteiger partial charge is 0.348 e. The van der Waals surface area contributed by atoms with Crippen LogP contribution < -0.4 is 5.32 Å². The van der Waals surface area contributed by atoms with Crippen molar-refractivity contribution in [1.82, 2.24) is 9.62 Å². The van der Waals surface area contributed by atoms with Gasteiger partial charge in [-0.25, -0.2) is 12.7 Å². The van der Waals surface area contributed by atoms with Crippen LogP contribution in [0.4, 0.5) is 0 Å². The van der Waals surface area contributed by atoms with Crippen LogP contribution in [0.5, 0.6) is 0 Å². The lowest BCUT2D eigenvalue weighted by Gasteiger charge is -2.15. The molecule has 122 valence electrons. The summed E-state index contributed by atoms with van der Waals surface area (Å²) in [5, 5.41) is 2.75. The van der Waals surface area contributed by atoms with Crippen molar-refractivity contribution in [2.75, 3.05) is 14.1 Å². The summed E-state index contributed by atoms with van der Waals surface area (Å²) >= 11 is 3.31. The van der Waals surface area contributed by atoms with E-state index >= 15 is 0 Å². The van der Waals surface area contributed by atoms with Gasteiger partial charge in [-0.2, -0.15) is 0 Å². The lowest BCUT2D eigenvalue weighted by molar-refractivity contribution is 0.0950. The Balaban J connectivity index is 2.19. The minimum Gasteiger partial charge on any atom is -0.348 e. The predicted molar refractivity (Wildman–Crippen MR) is 92.6 cm³/mol. The molecule has 0 saturated carbocycles. The Morgan fingerprint density at radius 1 is 1.09 bits per heavy atom. The fourth-order valence-corrected chi connectivity index (χ4v) is 3.36. The molecule has 0 atom stereocenters. The summed E-state index contributed by atoms with van der Waals surface area (Å²) < 4.78 is 26.7. The lowest BCUT2D eigenvalue weighted by Crippen LogP contribution is -2.27. The molecule has 1 amide bonds. The van der Waals surface area contributed by atoms with Crippen molar-refractivity contribution in [3.05, 3.63) is 64.1 Å². The number of carbonyl (C=O) groups is 1. The molecular weight excluding hydrogens is 380 g/mol. The molecule has 2 rings (SSSR count). The zero-order valence-electron chi connectivity index (χ0n) is 12.8. The number of amides is 1. The lowest BCUT2D eigenvalue weighted by atomic mass is 10.2. The molecular formula is C16H17BrN2O3S. The van der Waals surface area contributed by atoms with E-state index < -0.39 is 10.0 Å². The molecule has 0 saturated heterocycles. The Hall–Kier alpha value is -1.70. The van der Waals surface area contributed by atoms with Crippen LogP contribution >= 0.6 is 15.9 Å². The van der Waals surface area contributed by atoms with Gasteiger partial charge in [-0.1, -0.05) is 34.1 Å². The smallest absolute Gasteiger partial charge is 0.251 e. The van der Waals surface area contributed by atoms with Crippen molar-refractivity contribution in [3.8, 4) is 0 Å². The number of sulfonamides is 1. The number of hydrogen-bond donors (Lipinski definition) is 1. The maximum absolute atomic E-state index is 12.3. The molecule has 0 fully saturated rings. The molecule has 0 aliphatic heterocycles. The standard InChI is InChI=1S/C16H17BrN2O3S/c1-19(2)23(21,22)15-6-4-3-5-13(15)11-18-16(20)12-7-9-14(17)10-8-12/h3-10H,11H2,1-2H3,(H,18,20). The third-order valence-corrected chi connectivity index (χ3v) is 5.72. The van der Waals surface area contributed by atoms with Gasteiger partial charge in [0, 0.05) is 30.7 Å². The highest BCUT2D eigenvalue weighted by Gasteiger charge is 2.20. The Morgan fingerprint density at radius 3 is 2.30 bits per heavy atom. The van der Waals surface area contributed by atoms with Gasteiger partial charge < -0.3 is 5.32 Å². The maximum atomic E-state index is 12.3. The van der Waals surface area contributed by atoms with E-state index in [0.29, 0.717) is 11.1 Å². The van der Waals surface area contributed by atoms with E-state index in [1.165, 1.54) is 20.2 Å². The highest BCUT2D eigenvalue weighted by atomic mass is 79.9. The van der Waals surface area contributed by atoms with Crippen LogP contribution in [0.3, 0.4) is 0 Å². The van der Waals surface area contributed by atoms with Gasteiger partial charge in [0.25, 0.3) is 5.91 Å². The van der Waals surface area contributed by atoms with E-state index in [1.807, 2.05) is 0 Å². The van der Waals surface area contributed by atoms with E-state index in [4.69, 9.17) is 0 Å². The first-order valence-electron chi connectivity index (χ1n) is 6.86. The second kappa shape index (κ2) is 7.25. The van der Waals surface area contributed by atoms with Crippen LogP contribution in [-0.2, 0) is 16.6 Å². The van der Waals surface area contributed by atoms with Gasteiger partial charge in [-0.3, -0.25) is 4.79 Å². The monoisotopic (exact) mass is 396 g/mol. The quantitative estimate of drug-likeness (QED) is 0.844. The first-order chi connectivity index (χ1) is 10.8. The van der Waals surface area contributed by atoms with Gasteiger partial charge in [0.05, 0.1) is 4.90 Å². The van der Waals surface area contributed by atoms with Crippen molar-refractivity contribution in [1.29, 1.82) is 0 Å². The van der Waals surface area contributed by atoms with Crippen LogP contribution in [0.15, 0.2) is 57.9 Å². The van der Waals surface area contributed by atoms with E-state index in [1.54, 1.807) is 42.5 Å². The number of benzene rings is 2. The van der Waals surface area contributed by atoms with Gasteiger partial charge >= 0.3 is 0 Å². The number of carbonyl (C=O) groups excluding carboxylic acids is 1. The molecule has 0 bridgehead atoms. The first-order valence-corrected chi connectivity index (χ1v) is 9.10. The van der Waals surface area contributed by atoms with Gasteiger partial charge in [-0.15, -0.1) is 0 Å². The van der Waals surface area contributed by atoms with Crippen LogP contribution in [-0.4, -0.2) is 32.7 Å². The minimum atomic E-state index is -3.55. The topological polar surface area (TPSA) is 66.5 Å². The fraction of sp³-hybridized carbons (Fsp3) is 0.188. The highest BCUT2D eigenvalue weighted by Crippen LogP contribution is 2.18. The van der Waals surface area contributed by atoms with Crippen LogP contribution in [0.2, 0.25) is 0 Å². The molecule has 0 spiro atoms. The molecule has 2 aromatic rings. The Kier molecular flexibility index (Phi) is 5.56. The molecule has 1 N–H and O–H groups in total. The third-order valence-electron chi connectivity index (χ3n) is 3.28. The van der Waals surface area contributed by atoms with Crippen molar-refractivity contribution < 1.29 is 13.2 Å². The third kappa shape index (κ3) is 4.19. The summed E-state index contributed by atoms with van der Waals surface area (Å²) in [5.41, 5.74) is 1.06. The summed E-state index contributed by atoms with van der Waals surface area (Å²) in [5.74, 6) is -0.255. The molecule has 0 heterocycles. The van der Waals surface area contributed by atoms with E-state index in [2.05, 4.69) is 21.2 Å². The molecule has 5 nitrogen and oxygen atoms in total.